The van der Waals surface area contributed by atoms with Crippen LogP contribution in [0.15, 0.2) is 11.8 Å². The highest BCUT2D eigenvalue weighted by molar-refractivity contribution is 5.14. The molecule has 1 heteroatoms. The summed E-state index contributed by atoms with van der Waals surface area (Å²) >= 11 is 0. The zero-order valence-electron chi connectivity index (χ0n) is 5.85. The van der Waals surface area contributed by atoms with E-state index in [9.17, 15) is 0 Å². The topological polar surface area (TPSA) is 12.0 Å². The molecule has 2 atom stereocenters. The molecule has 50 valence electrons. The van der Waals surface area contributed by atoms with Crippen molar-refractivity contribution < 1.29 is 0 Å². The van der Waals surface area contributed by atoms with Gasteiger partial charge in [-0.3, -0.25) is 0 Å². The number of hydrogen-bond donors (Lipinski definition) is 1. The van der Waals surface area contributed by atoms with Crippen molar-refractivity contribution in [3.63, 3.8) is 0 Å². The van der Waals surface area contributed by atoms with E-state index in [1.807, 2.05) is 0 Å². The fourth-order valence-corrected chi connectivity index (χ4v) is 1.98. The van der Waals surface area contributed by atoms with E-state index in [2.05, 4.69) is 18.4 Å². The van der Waals surface area contributed by atoms with E-state index in [0.717, 1.165) is 12.0 Å². The second-order valence-electron chi connectivity index (χ2n) is 3.42. The Hall–Kier alpha value is -0.460. The lowest BCUT2D eigenvalue weighted by atomic mass is 9.86. The van der Waals surface area contributed by atoms with E-state index in [4.69, 9.17) is 0 Å². The Bertz CT molecular complexity index is 149. The van der Waals surface area contributed by atoms with E-state index in [0.29, 0.717) is 0 Å². The molecule has 0 saturated heterocycles. The first-order valence-corrected chi connectivity index (χ1v) is 3.78. The molecule has 2 rings (SSSR count). The Kier molecular flexibility index (Phi) is 1.04. The normalized spacial score (nSPS) is 39.9. The monoisotopic (exact) mass is 123 g/mol. The minimum absolute atomic E-state index is 0.795. The standard InChI is InChI=1S/C8H13N/c1-6-2-7-4-8(3-6)9-5-7/h5-6,8-9H,2-4H2,1H3/t6-,8-/m0/s1. The SMILES string of the molecule is C[C@H]1CC2=CN[C@H](C2)C1. The average Bonchev–Trinajstić information content (AvgIpc) is 2.11. The molecule has 0 aromatic heterocycles. The van der Waals surface area contributed by atoms with Gasteiger partial charge < -0.3 is 5.32 Å². The maximum atomic E-state index is 3.39. The van der Waals surface area contributed by atoms with Crippen molar-refractivity contribution in [3.05, 3.63) is 11.8 Å². The third-order valence-corrected chi connectivity index (χ3v) is 2.33. The third-order valence-electron chi connectivity index (χ3n) is 2.33. The molecule has 1 N–H and O–H groups in total. The molecule has 1 aliphatic carbocycles. The number of fused-ring (bicyclic) bond motifs is 2. The lowest BCUT2D eigenvalue weighted by Gasteiger charge is -2.21. The summed E-state index contributed by atoms with van der Waals surface area (Å²) in [6.07, 6.45) is 6.25. The molecule has 2 bridgehead atoms. The summed E-state index contributed by atoms with van der Waals surface area (Å²) in [5.41, 5.74) is 1.64. The summed E-state index contributed by atoms with van der Waals surface area (Å²) in [7, 11) is 0. The summed E-state index contributed by atoms with van der Waals surface area (Å²) < 4.78 is 0. The molecule has 1 saturated carbocycles. The van der Waals surface area contributed by atoms with Gasteiger partial charge in [-0.25, -0.2) is 0 Å². The highest BCUT2D eigenvalue weighted by Crippen LogP contribution is 2.31. The van der Waals surface area contributed by atoms with Gasteiger partial charge in [-0.1, -0.05) is 12.5 Å². The van der Waals surface area contributed by atoms with Crippen LogP contribution in [0.1, 0.15) is 26.2 Å². The van der Waals surface area contributed by atoms with Crippen molar-refractivity contribution in [2.24, 2.45) is 5.92 Å². The maximum absolute atomic E-state index is 3.39. The largest absolute Gasteiger partial charge is 0.388 e. The number of nitrogens with one attached hydrogen (secondary N) is 1. The molecule has 1 fully saturated rings. The summed E-state index contributed by atoms with van der Waals surface area (Å²) in [6, 6.07) is 0.795. The quantitative estimate of drug-likeness (QED) is 0.516. The van der Waals surface area contributed by atoms with E-state index in [1.54, 1.807) is 5.57 Å². The van der Waals surface area contributed by atoms with Crippen LogP contribution in [0.4, 0.5) is 0 Å². The Morgan fingerprint density at radius 1 is 1.56 bits per heavy atom. The molecule has 0 amide bonds. The van der Waals surface area contributed by atoms with E-state index < -0.39 is 0 Å². The predicted molar refractivity (Wildman–Crippen MR) is 38.0 cm³/mol. The first-order chi connectivity index (χ1) is 4.34. The second kappa shape index (κ2) is 1.76. The smallest absolute Gasteiger partial charge is 0.0296 e. The lowest BCUT2D eigenvalue weighted by molar-refractivity contribution is 0.405. The highest BCUT2D eigenvalue weighted by Gasteiger charge is 2.25. The molecule has 0 unspecified atom stereocenters. The van der Waals surface area contributed by atoms with Crippen molar-refractivity contribution in [1.82, 2.24) is 5.32 Å². The van der Waals surface area contributed by atoms with Crippen molar-refractivity contribution in [3.8, 4) is 0 Å². The molecule has 0 radical (unpaired) electrons. The molecule has 1 aliphatic heterocycles. The van der Waals surface area contributed by atoms with Gasteiger partial charge in [-0.05, 0) is 31.4 Å². The van der Waals surface area contributed by atoms with Gasteiger partial charge in [0.25, 0.3) is 0 Å². The van der Waals surface area contributed by atoms with E-state index >= 15 is 0 Å². The fourth-order valence-electron chi connectivity index (χ4n) is 1.98. The van der Waals surface area contributed by atoms with Gasteiger partial charge in [0.05, 0.1) is 0 Å². The molecular formula is C8H13N. The predicted octanol–water partition coefficient (Wildman–Crippen LogP) is 1.66. The van der Waals surface area contributed by atoms with Gasteiger partial charge in [0.2, 0.25) is 0 Å². The Balaban J connectivity index is 2.13. The zero-order valence-corrected chi connectivity index (χ0v) is 5.85. The number of hydrogen-bond acceptors (Lipinski definition) is 1. The third kappa shape index (κ3) is 0.846. The molecular weight excluding hydrogens is 110 g/mol. The zero-order chi connectivity index (χ0) is 6.27. The molecule has 9 heavy (non-hydrogen) atoms. The van der Waals surface area contributed by atoms with Crippen LogP contribution in [-0.4, -0.2) is 6.04 Å². The van der Waals surface area contributed by atoms with Gasteiger partial charge in [0, 0.05) is 6.04 Å². The molecule has 0 aromatic rings. The highest BCUT2D eigenvalue weighted by atomic mass is 14.9. The van der Waals surface area contributed by atoms with Crippen LogP contribution in [0.5, 0.6) is 0 Å². The molecule has 0 spiro atoms. The van der Waals surface area contributed by atoms with Crippen LogP contribution in [0.25, 0.3) is 0 Å². The minimum atomic E-state index is 0.795. The summed E-state index contributed by atoms with van der Waals surface area (Å²) in [5, 5.41) is 3.39. The Labute approximate surface area is 56.1 Å². The van der Waals surface area contributed by atoms with Crippen LogP contribution in [0, 0.1) is 5.92 Å². The van der Waals surface area contributed by atoms with Crippen molar-refractivity contribution >= 4 is 0 Å². The van der Waals surface area contributed by atoms with Gasteiger partial charge in [0.15, 0.2) is 0 Å². The van der Waals surface area contributed by atoms with Crippen LogP contribution in [-0.2, 0) is 0 Å². The van der Waals surface area contributed by atoms with Crippen molar-refractivity contribution in [2.75, 3.05) is 0 Å². The van der Waals surface area contributed by atoms with E-state index in [1.165, 1.54) is 19.3 Å². The minimum Gasteiger partial charge on any atom is -0.388 e. The van der Waals surface area contributed by atoms with Gasteiger partial charge >= 0.3 is 0 Å². The first kappa shape index (κ1) is 5.33. The van der Waals surface area contributed by atoms with Crippen LogP contribution in [0.2, 0.25) is 0 Å². The average molecular weight is 123 g/mol. The lowest BCUT2D eigenvalue weighted by Crippen LogP contribution is -2.23. The molecule has 1 nitrogen and oxygen atoms in total. The van der Waals surface area contributed by atoms with Gasteiger partial charge in [-0.2, -0.15) is 0 Å². The summed E-state index contributed by atoms with van der Waals surface area (Å²) in [6.45, 7) is 2.34. The van der Waals surface area contributed by atoms with Gasteiger partial charge in [-0.15, -0.1) is 0 Å². The van der Waals surface area contributed by atoms with Crippen LogP contribution < -0.4 is 5.32 Å². The summed E-state index contributed by atoms with van der Waals surface area (Å²) in [5.74, 6) is 0.921. The molecule has 2 aliphatic rings. The number of rotatable bonds is 0. The fraction of sp³-hybridized carbons (Fsp3) is 0.750. The van der Waals surface area contributed by atoms with Crippen LogP contribution in [0.3, 0.4) is 0 Å². The van der Waals surface area contributed by atoms with Crippen molar-refractivity contribution in [2.45, 2.75) is 32.2 Å². The first-order valence-electron chi connectivity index (χ1n) is 3.78. The summed E-state index contributed by atoms with van der Waals surface area (Å²) in [4.78, 5) is 0. The molecule has 1 heterocycles. The Morgan fingerprint density at radius 3 is 3.22 bits per heavy atom. The maximum Gasteiger partial charge on any atom is 0.0296 e. The van der Waals surface area contributed by atoms with Crippen molar-refractivity contribution in [1.29, 1.82) is 0 Å². The van der Waals surface area contributed by atoms with Crippen LogP contribution >= 0.6 is 0 Å². The molecule has 0 aromatic carbocycles. The van der Waals surface area contributed by atoms with Gasteiger partial charge in [0.1, 0.15) is 0 Å². The Morgan fingerprint density at radius 2 is 2.44 bits per heavy atom. The second-order valence-corrected chi connectivity index (χ2v) is 3.42. The van der Waals surface area contributed by atoms with E-state index in [-0.39, 0.29) is 0 Å².